The number of ketones is 1. The Bertz CT molecular complexity index is 204. The minimum absolute atomic E-state index is 0.0370. The van der Waals surface area contributed by atoms with E-state index >= 15 is 0 Å². The fraction of sp³-hybridized carbons (Fsp3) is 0.667. The Morgan fingerprint density at radius 2 is 2.33 bits per heavy atom. The lowest BCUT2D eigenvalue weighted by molar-refractivity contribution is -0.120. The molecule has 66 valence electrons. The zero-order chi connectivity index (χ0) is 8.39. The molecule has 3 nitrogen and oxygen atoms in total. The summed E-state index contributed by atoms with van der Waals surface area (Å²) in [5, 5.41) is 0. The van der Waals surface area contributed by atoms with E-state index in [0.717, 1.165) is 19.4 Å². The van der Waals surface area contributed by atoms with Gasteiger partial charge < -0.3 is 9.47 Å². The summed E-state index contributed by atoms with van der Waals surface area (Å²) in [6.07, 6.45) is 5.64. The van der Waals surface area contributed by atoms with E-state index in [0.29, 0.717) is 6.42 Å². The molecule has 12 heavy (non-hydrogen) atoms. The molecule has 0 aliphatic carbocycles. The number of hydrogen-bond acceptors (Lipinski definition) is 3. The summed E-state index contributed by atoms with van der Waals surface area (Å²) in [6.45, 7) is 0.808. The summed E-state index contributed by atoms with van der Waals surface area (Å²) in [6, 6.07) is 0. The van der Waals surface area contributed by atoms with Crippen LogP contribution in [-0.4, -0.2) is 24.6 Å². The van der Waals surface area contributed by atoms with Crippen LogP contribution < -0.4 is 0 Å². The number of ether oxygens (including phenoxy) is 2. The summed E-state index contributed by atoms with van der Waals surface area (Å²) >= 11 is 0. The number of carbonyl (C=O) groups is 1. The molecule has 1 saturated heterocycles. The monoisotopic (exact) mass is 168 g/mol. The van der Waals surface area contributed by atoms with Gasteiger partial charge in [0.05, 0.1) is 18.8 Å². The van der Waals surface area contributed by atoms with Gasteiger partial charge in [-0.25, -0.2) is 0 Å². The van der Waals surface area contributed by atoms with E-state index in [1.54, 1.807) is 0 Å². The Hall–Kier alpha value is -0.830. The molecule has 0 aromatic rings. The Balaban J connectivity index is 1.95. The van der Waals surface area contributed by atoms with Crippen LogP contribution in [0.4, 0.5) is 0 Å². The lowest BCUT2D eigenvalue weighted by atomic mass is 10.0. The van der Waals surface area contributed by atoms with Crippen LogP contribution in [0.25, 0.3) is 0 Å². The standard InChI is InChI=1S/C9H12O3/c10-7-3-5-12-9(6-7)8-2-1-4-11-8/h3,5,8-9H,1-2,4,6H2. The maximum atomic E-state index is 11.0. The summed E-state index contributed by atoms with van der Waals surface area (Å²) in [7, 11) is 0. The van der Waals surface area contributed by atoms with Gasteiger partial charge >= 0.3 is 0 Å². The molecule has 0 aromatic heterocycles. The predicted octanol–water partition coefficient (Wildman–Crippen LogP) is 1.04. The first-order valence-corrected chi connectivity index (χ1v) is 4.33. The quantitative estimate of drug-likeness (QED) is 0.586. The van der Waals surface area contributed by atoms with Crippen molar-refractivity contribution in [2.45, 2.75) is 31.5 Å². The van der Waals surface area contributed by atoms with Crippen LogP contribution in [0.2, 0.25) is 0 Å². The Morgan fingerprint density at radius 1 is 1.42 bits per heavy atom. The number of carbonyl (C=O) groups excluding carboxylic acids is 1. The first kappa shape index (κ1) is 7.80. The highest BCUT2D eigenvalue weighted by molar-refractivity contribution is 5.90. The smallest absolute Gasteiger partial charge is 0.162 e. The molecular weight excluding hydrogens is 156 g/mol. The third-order valence-corrected chi connectivity index (χ3v) is 2.29. The van der Waals surface area contributed by atoms with Gasteiger partial charge in [0.1, 0.15) is 6.10 Å². The summed E-state index contributed by atoms with van der Waals surface area (Å²) < 4.78 is 10.7. The molecule has 0 bridgehead atoms. The van der Waals surface area contributed by atoms with E-state index in [-0.39, 0.29) is 18.0 Å². The second-order valence-electron chi connectivity index (χ2n) is 3.20. The molecule has 2 aliphatic rings. The van der Waals surface area contributed by atoms with Crippen molar-refractivity contribution in [1.82, 2.24) is 0 Å². The molecule has 0 saturated carbocycles. The van der Waals surface area contributed by atoms with E-state index in [1.165, 1.54) is 12.3 Å². The lowest BCUT2D eigenvalue weighted by Crippen LogP contribution is -2.31. The average molecular weight is 168 g/mol. The second-order valence-corrected chi connectivity index (χ2v) is 3.20. The Kier molecular flexibility index (Phi) is 2.13. The number of allylic oxidation sites excluding steroid dienone is 1. The van der Waals surface area contributed by atoms with Crippen LogP contribution in [0.3, 0.4) is 0 Å². The van der Waals surface area contributed by atoms with Crippen molar-refractivity contribution in [3.05, 3.63) is 12.3 Å². The molecule has 0 aromatic carbocycles. The molecule has 2 rings (SSSR count). The molecule has 3 heteroatoms. The van der Waals surface area contributed by atoms with E-state index < -0.39 is 0 Å². The Morgan fingerprint density at radius 3 is 3.00 bits per heavy atom. The lowest BCUT2D eigenvalue weighted by Gasteiger charge is -2.23. The molecule has 2 unspecified atom stereocenters. The molecule has 1 fully saturated rings. The van der Waals surface area contributed by atoms with Gasteiger partial charge in [-0.3, -0.25) is 4.79 Å². The van der Waals surface area contributed by atoms with Crippen LogP contribution in [-0.2, 0) is 14.3 Å². The van der Waals surface area contributed by atoms with Crippen molar-refractivity contribution in [2.75, 3.05) is 6.61 Å². The predicted molar refractivity (Wildman–Crippen MR) is 42.6 cm³/mol. The minimum atomic E-state index is -0.0370. The van der Waals surface area contributed by atoms with Gasteiger partial charge in [0.25, 0.3) is 0 Å². The SMILES string of the molecule is O=C1C=COC(C2CCCO2)C1. The van der Waals surface area contributed by atoms with Gasteiger partial charge in [0.2, 0.25) is 0 Å². The average Bonchev–Trinajstić information content (AvgIpc) is 2.56. The van der Waals surface area contributed by atoms with Crippen molar-refractivity contribution in [3.8, 4) is 0 Å². The second kappa shape index (κ2) is 3.27. The molecule has 0 spiro atoms. The minimum Gasteiger partial charge on any atom is -0.495 e. The van der Waals surface area contributed by atoms with E-state index in [1.807, 2.05) is 0 Å². The molecule has 2 atom stereocenters. The molecule has 0 N–H and O–H groups in total. The third-order valence-electron chi connectivity index (χ3n) is 2.29. The molecular formula is C9H12O3. The molecule has 0 radical (unpaired) electrons. The van der Waals surface area contributed by atoms with Crippen LogP contribution in [0, 0.1) is 0 Å². The van der Waals surface area contributed by atoms with Gasteiger partial charge in [0.15, 0.2) is 5.78 Å². The largest absolute Gasteiger partial charge is 0.495 e. The van der Waals surface area contributed by atoms with E-state index in [4.69, 9.17) is 9.47 Å². The maximum Gasteiger partial charge on any atom is 0.162 e. The van der Waals surface area contributed by atoms with E-state index in [9.17, 15) is 4.79 Å². The highest BCUT2D eigenvalue weighted by Crippen LogP contribution is 2.22. The van der Waals surface area contributed by atoms with Gasteiger partial charge in [-0.2, -0.15) is 0 Å². The van der Waals surface area contributed by atoms with Crippen molar-refractivity contribution < 1.29 is 14.3 Å². The van der Waals surface area contributed by atoms with Crippen molar-refractivity contribution in [2.24, 2.45) is 0 Å². The summed E-state index contributed by atoms with van der Waals surface area (Å²) in [5.74, 6) is 0.141. The maximum absolute atomic E-state index is 11.0. The van der Waals surface area contributed by atoms with Gasteiger partial charge in [-0.1, -0.05) is 0 Å². The summed E-state index contributed by atoms with van der Waals surface area (Å²) in [5.41, 5.74) is 0. The van der Waals surface area contributed by atoms with Gasteiger partial charge in [0, 0.05) is 12.7 Å². The van der Waals surface area contributed by atoms with E-state index in [2.05, 4.69) is 0 Å². The van der Waals surface area contributed by atoms with Crippen molar-refractivity contribution in [1.29, 1.82) is 0 Å². The highest BCUT2D eigenvalue weighted by atomic mass is 16.5. The zero-order valence-electron chi connectivity index (χ0n) is 6.86. The number of rotatable bonds is 1. The topological polar surface area (TPSA) is 35.5 Å². The normalized spacial score (nSPS) is 35.2. The molecule has 2 aliphatic heterocycles. The highest BCUT2D eigenvalue weighted by Gasteiger charge is 2.29. The first-order chi connectivity index (χ1) is 5.86. The third kappa shape index (κ3) is 1.50. The molecule has 2 heterocycles. The fourth-order valence-corrected chi connectivity index (χ4v) is 1.65. The first-order valence-electron chi connectivity index (χ1n) is 4.33. The fourth-order valence-electron chi connectivity index (χ4n) is 1.65. The van der Waals surface area contributed by atoms with Gasteiger partial charge in [-0.15, -0.1) is 0 Å². The molecule has 0 amide bonds. The van der Waals surface area contributed by atoms with Crippen LogP contribution >= 0.6 is 0 Å². The van der Waals surface area contributed by atoms with Crippen LogP contribution in [0.5, 0.6) is 0 Å². The zero-order valence-corrected chi connectivity index (χ0v) is 6.86. The van der Waals surface area contributed by atoms with Gasteiger partial charge in [-0.05, 0) is 12.8 Å². The van der Waals surface area contributed by atoms with Crippen LogP contribution in [0.1, 0.15) is 19.3 Å². The van der Waals surface area contributed by atoms with Crippen molar-refractivity contribution in [3.63, 3.8) is 0 Å². The number of hydrogen-bond donors (Lipinski definition) is 0. The van der Waals surface area contributed by atoms with Crippen molar-refractivity contribution >= 4 is 5.78 Å². The Labute approximate surface area is 71.3 Å². The van der Waals surface area contributed by atoms with Crippen LogP contribution in [0.15, 0.2) is 12.3 Å². The summed E-state index contributed by atoms with van der Waals surface area (Å²) in [4.78, 5) is 11.0.